The van der Waals surface area contributed by atoms with E-state index in [4.69, 9.17) is 0 Å². The first-order chi connectivity index (χ1) is 13.2. The molecule has 0 spiro atoms. The lowest BCUT2D eigenvalue weighted by Crippen LogP contribution is -2.28. The molecule has 1 amide bonds. The second kappa shape index (κ2) is 7.87. The van der Waals surface area contributed by atoms with Gasteiger partial charge in [-0.05, 0) is 25.5 Å². The number of nitrogens with one attached hydrogen (secondary N) is 1. The lowest BCUT2D eigenvalue weighted by atomic mass is 10.2. The third-order valence-corrected chi connectivity index (χ3v) is 4.41. The third-order valence-electron chi connectivity index (χ3n) is 4.41. The Morgan fingerprint density at radius 1 is 1.11 bits per heavy atom. The average molecular weight is 391 g/mol. The molecule has 9 heteroatoms. The van der Waals surface area contributed by atoms with Gasteiger partial charge in [0, 0.05) is 24.0 Å². The Labute approximate surface area is 160 Å². The van der Waals surface area contributed by atoms with Gasteiger partial charge < -0.3 is 5.32 Å². The van der Waals surface area contributed by atoms with Crippen molar-refractivity contribution >= 4 is 5.91 Å². The molecule has 0 unspecified atom stereocenters. The topological polar surface area (TPSA) is 64.7 Å². The predicted octanol–water partition coefficient (Wildman–Crippen LogP) is 3.08. The van der Waals surface area contributed by atoms with Gasteiger partial charge in [0.15, 0.2) is 5.69 Å². The van der Waals surface area contributed by atoms with Crippen LogP contribution in [0, 0.1) is 13.8 Å². The average Bonchev–Trinajstić information content (AvgIpc) is 3.20. The van der Waals surface area contributed by atoms with E-state index in [2.05, 4.69) is 15.5 Å². The van der Waals surface area contributed by atoms with E-state index in [9.17, 15) is 18.0 Å². The molecule has 2 heterocycles. The Morgan fingerprint density at radius 3 is 2.46 bits per heavy atom. The zero-order valence-corrected chi connectivity index (χ0v) is 15.5. The molecule has 0 aliphatic rings. The van der Waals surface area contributed by atoms with Gasteiger partial charge >= 0.3 is 6.18 Å². The number of alkyl halides is 3. The van der Waals surface area contributed by atoms with E-state index in [0.717, 1.165) is 39.5 Å². The van der Waals surface area contributed by atoms with Crippen molar-refractivity contribution in [3.05, 3.63) is 70.8 Å². The Morgan fingerprint density at radius 2 is 1.82 bits per heavy atom. The van der Waals surface area contributed by atoms with Crippen LogP contribution in [0.3, 0.4) is 0 Å². The molecular weight excluding hydrogens is 371 g/mol. The van der Waals surface area contributed by atoms with Crippen LogP contribution in [0.25, 0.3) is 0 Å². The predicted molar refractivity (Wildman–Crippen MR) is 96.3 cm³/mol. The van der Waals surface area contributed by atoms with Gasteiger partial charge in [-0.15, -0.1) is 0 Å². The monoisotopic (exact) mass is 391 g/mol. The lowest BCUT2D eigenvalue weighted by molar-refractivity contribution is -0.141. The van der Waals surface area contributed by atoms with Crippen molar-refractivity contribution in [3.8, 4) is 0 Å². The minimum atomic E-state index is -4.52. The first kappa shape index (κ1) is 19.7. The summed E-state index contributed by atoms with van der Waals surface area (Å²) in [5.74, 6) is -0.425. The highest BCUT2D eigenvalue weighted by atomic mass is 19.4. The molecular formula is C19H20F3N5O. The smallest absolute Gasteiger partial charge is 0.350 e. The summed E-state index contributed by atoms with van der Waals surface area (Å²) in [6, 6.07) is 10.7. The summed E-state index contributed by atoms with van der Waals surface area (Å²) in [4.78, 5) is 12.1. The number of aromatic nitrogens is 4. The maximum atomic E-state index is 12.6. The van der Waals surface area contributed by atoms with Gasteiger partial charge in [-0.2, -0.15) is 23.4 Å². The van der Waals surface area contributed by atoms with Crippen LogP contribution in [-0.4, -0.2) is 25.5 Å². The number of rotatable bonds is 6. The van der Waals surface area contributed by atoms with Crippen molar-refractivity contribution in [2.24, 2.45) is 0 Å². The number of benzene rings is 1. The molecule has 1 aromatic carbocycles. The standard InChI is InChI=1S/C19H20F3N5O/c1-13-16(14(2)27(24-13)11-15-6-4-3-5-7-15)10-23-18(28)12-26-9-8-17(25-26)19(20,21)22/h3-9H,10-12H2,1-2H3,(H,23,28). The summed E-state index contributed by atoms with van der Waals surface area (Å²) < 4.78 is 40.5. The molecule has 6 nitrogen and oxygen atoms in total. The van der Waals surface area contributed by atoms with E-state index in [-0.39, 0.29) is 13.1 Å². The number of amides is 1. The van der Waals surface area contributed by atoms with Crippen molar-refractivity contribution in [2.75, 3.05) is 0 Å². The Balaban J connectivity index is 1.61. The Kier molecular flexibility index (Phi) is 5.53. The fourth-order valence-electron chi connectivity index (χ4n) is 2.89. The molecule has 0 radical (unpaired) electrons. The molecule has 3 aromatic rings. The number of halogens is 3. The molecule has 0 bridgehead atoms. The molecule has 2 aromatic heterocycles. The Bertz CT molecular complexity index is 960. The van der Waals surface area contributed by atoms with Crippen LogP contribution in [0.5, 0.6) is 0 Å². The maximum Gasteiger partial charge on any atom is 0.435 e. The summed E-state index contributed by atoms with van der Waals surface area (Å²) in [6.07, 6.45) is -3.39. The number of hydrogen-bond donors (Lipinski definition) is 1. The van der Waals surface area contributed by atoms with Crippen molar-refractivity contribution in [1.82, 2.24) is 24.9 Å². The summed E-state index contributed by atoms with van der Waals surface area (Å²) in [5.41, 5.74) is 2.71. The highest BCUT2D eigenvalue weighted by Gasteiger charge is 2.33. The fourth-order valence-corrected chi connectivity index (χ4v) is 2.89. The van der Waals surface area contributed by atoms with Gasteiger partial charge in [-0.25, -0.2) is 0 Å². The molecule has 148 valence electrons. The van der Waals surface area contributed by atoms with E-state index in [1.54, 1.807) is 0 Å². The van der Waals surface area contributed by atoms with Crippen LogP contribution < -0.4 is 5.32 Å². The number of carbonyl (C=O) groups is 1. The van der Waals surface area contributed by atoms with Crippen LogP contribution in [0.4, 0.5) is 13.2 Å². The first-order valence-electron chi connectivity index (χ1n) is 8.68. The quantitative estimate of drug-likeness (QED) is 0.702. The van der Waals surface area contributed by atoms with Crippen molar-refractivity contribution in [2.45, 2.75) is 39.7 Å². The summed E-state index contributed by atoms with van der Waals surface area (Å²) in [6.45, 7) is 4.37. The van der Waals surface area contributed by atoms with Gasteiger partial charge in [-0.3, -0.25) is 14.2 Å². The summed E-state index contributed by atoms with van der Waals surface area (Å²) >= 11 is 0. The first-order valence-corrected chi connectivity index (χ1v) is 8.68. The normalized spacial score (nSPS) is 11.6. The zero-order valence-electron chi connectivity index (χ0n) is 15.5. The van der Waals surface area contributed by atoms with Gasteiger partial charge in [0.1, 0.15) is 6.54 Å². The lowest BCUT2D eigenvalue weighted by Gasteiger charge is -2.08. The van der Waals surface area contributed by atoms with Gasteiger partial charge in [0.05, 0.1) is 12.2 Å². The maximum absolute atomic E-state index is 12.6. The van der Waals surface area contributed by atoms with E-state index in [1.165, 1.54) is 0 Å². The number of carbonyl (C=O) groups excluding carboxylic acids is 1. The highest BCUT2D eigenvalue weighted by molar-refractivity contribution is 5.75. The number of nitrogens with zero attached hydrogens (tertiary/aromatic N) is 4. The summed E-state index contributed by atoms with van der Waals surface area (Å²) in [5, 5.41) is 10.6. The van der Waals surface area contributed by atoms with E-state index < -0.39 is 17.8 Å². The van der Waals surface area contributed by atoms with Crippen LogP contribution in [0.1, 0.15) is 28.2 Å². The zero-order chi connectivity index (χ0) is 20.3. The van der Waals surface area contributed by atoms with Crippen molar-refractivity contribution in [3.63, 3.8) is 0 Å². The molecule has 3 rings (SSSR count). The molecule has 1 N–H and O–H groups in total. The number of aryl methyl sites for hydroxylation is 1. The second-order valence-electron chi connectivity index (χ2n) is 6.47. The molecule has 0 aliphatic heterocycles. The van der Waals surface area contributed by atoms with Gasteiger partial charge in [-0.1, -0.05) is 30.3 Å². The van der Waals surface area contributed by atoms with E-state index in [0.29, 0.717) is 6.54 Å². The molecule has 28 heavy (non-hydrogen) atoms. The van der Waals surface area contributed by atoms with Gasteiger partial charge in [0.25, 0.3) is 0 Å². The molecule has 0 fully saturated rings. The van der Waals surface area contributed by atoms with E-state index >= 15 is 0 Å². The van der Waals surface area contributed by atoms with E-state index in [1.807, 2.05) is 48.9 Å². The highest BCUT2D eigenvalue weighted by Crippen LogP contribution is 2.27. The van der Waals surface area contributed by atoms with Crippen molar-refractivity contribution < 1.29 is 18.0 Å². The van der Waals surface area contributed by atoms with Crippen LogP contribution in [0.2, 0.25) is 0 Å². The fraction of sp³-hybridized carbons (Fsp3) is 0.316. The van der Waals surface area contributed by atoms with Crippen LogP contribution in [-0.2, 0) is 30.6 Å². The third kappa shape index (κ3) is 4.59. The molecule has 0 atom stereocenters. The number of hydrogen-bond acceptors (Lipinski definition) is 3. The Hall–Kier alpha value is -3.10. The molecule has 0 saturated heterocycles. The second-order valence-corrected chi connectivity index (χ2v) is 6.47. The largest absolute Gasteiger partial charge is 0.435 e. The molecule has 0 saturated carbocycles. The SMILES string of the molecule is Cc1nn(Cc2ccccc2)c(C)c1CNC(=O)Cn1ccc(C(F)(F)F)n1. The summed E-state index contributed by atoms with van der Waals surface area (Å²) in [7, 11) is 0. The van der Waals surface area contributed by atoms with Crippen molar-refractivity contribution in [1.29, 1.82) is 0 Å². The minimum absolute atomic E-state index is 0.249. The minimum Gasteiger partial charge on any atom is -0.350 e. The van der Waals surface area contributed by atoms with Crippen LogP contribution >= 0.6 is 0 Å². The van der Waals surface area contributed by atoms with Gasteiger partial charge in [0.2, 0.25) is 5.91 Å². The molecule has 0 aliphatic carbocycles. The van der Waals surface area contributed by atoms with Crippen LogP contribution in [0.15, 0.2) is 42.6 Å².